The number of hydrogen-bond donors (Lipinski definition) is 6. The Hall–Kier alpha value is -1.44. The second-order valence-electron chi connectivity index (χ2n) is 15.9. The van der Waals surface area contributed by atoms with Crippen LogP contribution >= 0.6 is 7.82 Å². The number of hydrogen-bond acceptors (Lipinski definition) is 11. The molecule has 12 nitrogen and oxygen atoms in total. The van der Waals surface area contributed by atoms with E-state index in [4.69, 9.17) is 18.5 Å². The van der Waals surface area contributed by atoms with Gasteiger partial charge in [0, 0.05) is 13.0 Å². The highest BCUT2D eigenvalue weighted by Crippen LogP contribution is 2.47. The van der Waals surface area contributed by atoms with Gasteiger partial charge in [0.25, 0.3) is 0 Å². The predicted molar refractivity (Wildman–Crippen MR) is 230 cm³/mol. The number of aliphatic hydroxyl groups is 5. The first-order valence-corrected chi connectivity index (χ1v) is 24.3. The van der Waals surface area contributed by atoms with Crippen LogP contribution in [0.4, 0.5) is 0 Å². The minimum Gasteiger partial charge on any atom is -0.457 e. The molecule has 340 valence electrons. The molecule has 0 aromatic rings. The predicted octanol–water partition coefficient (Wildman–Crippen LogP) is 9.09. The molecule has 13 heteroatoms. The lowest BCUT2D eigenvalue weighted by atomic mass is 9.85. The first-order valence-electron chi connectivity index (χ1n) is 22.8. The van der Waals surface area contributed by atoms with Crippen LogP contribution in [0.3, 0.4) is 0 Å². The van der Waals surface area contributed by atoms with Gasteiger partial charge in [-0.2, -0.15) is 0 Å². The van der Waals surface area contributed by atoms with E-state index in [0.717, 1.165) is 83.5 Å². The highest BCUT2D eigenvalue weighted by Gasteiger charge is 2.51. The summed E-state index contributed by atoms with van der Waals surface area (Å²) in [4.78, 5) is 23.1. The van der Waals surface area contributed by atoms with Gasteiger partial charge in [-0.25, -0.2) is 4.57 Å². The van der Waals surface area contributed by atoms with Crippen molar-refractivity contribution in [2.24, 2.45) is 0 Å². The van der Waals surface area contributed by atoms with Crippen molar-refractivity contribution < 1.29 is 58.3 Å². The number of carbonyl (C=O) groups is 1. The summed E-state index contributed by atoms with van der Waals surface area (Å²) in [6, 6.07) is 0. The second-order valence-corrected chi connectivity index (χ2v) is 17.3. The molecule has 1 saturated carbocycles. The summed E-state index contributed by atoms with van der Waals surface area (Å²) in [5, 5.41) is 50.1. The van der Waals surface area contributed by atoms with Crippen LogP contribution in [-0.2, 0) is 27.9 Å². The van der Waals surface area contributed by atoms with Gasteiger partial charge in [0.2, 0.25) is 0 Å². The normalized spacial score (nSPS) is 23.0. The third-order valence-electron chi connectivity index (χ3n) is 10.5. The highest BCUT2D eigenvalue weighted by molar-refractivity contribution is 7.47. The van der Waals surface area contributed by atoms with Crippen molar-refractivity contribution in [2.75, 3.05) is 19.8 Å². The van der Waals surface area contributed by atoms with E-state index in [1.165, 1.54) is 70.6 Å². The molecule has 1 rings (SSSR count). The van der Waals surface area contributed by atoms with Gasteiger partial charge < -0.3 is 39.9 Å². The van der Waals surface area contributed by atoms with Gasteiger partial charge in [0.05, 0.1) is 13.2 Å². The summed E-state index contributed by atoms with van der Waals surface area (Å²) >= 11 is 0. The maximum Gasteiger partial charge on any atom is 0.472 e. The number of unbranched alkanes of at least 4 members (excludes halogenated alkanes) is 20. The summed E-state index contributed by atoms with van der Waals surface area (Å²) in [5.74, 6) is -0.491. The van der Waals surface area contributed by atoms with Crippen molar-refractivity contribution in [3.63, 3.8) is 0 Å². The fourth-order valence-corrected chi connectivity index (χ4v) is 7.76. The van der Waals surface area contributed by atoms with Gasteiger partial charge in [-0.1, -0.05) is 140 Å². The molecule has 0 spiro atoms. The lowest BCUT2D eigenvalue weighted by molar-refractivity contribution is -0.220. The van der Waals surface area contributed by atoms with E-state index in [2.05, 4.69) is 50.3 Å². The maximum absolute atomic E-state index is 12.8. The Morgan fingerprint density at radius 1 is 0.552 bits per heavy atom. The summed E-state index contributed by atoms with van der Waals surface area (Å²) in [7, 11) is -5.02. The van der Waals surface area contributed by atoms with Crippen LogP contribution in [0, 0.1) is 0 Å². The van der Waals surface area contributed by atoms with Gasteiger partial charge in [-0.3, -0.25) is 13.8 Å². The van der Waals surface area contributed by atoms with Gasteiger partial charge in [-0.05, 0) is 70.6 Å². The molecule has 0 aromatic heterocycles. The van der Waals surface area contributed by atoms with Crippen LogP contribution < -0.4 is 0 Å². The van der Waals surface area contributed by atoms with Crippen molar-refractivity contribution in [3.8, 4) is 0 Å². The van der Waals surface area contributed by atoms with E-state index in [-0.39, 0.29) is 13.0 Å². The quantitative estimate of drug-likeness (QED) is 0.0150. The third-order valence-corrected chi connectivity index (χ3v) is 11.5. The van der Waals surface area contributed by atoms with E-state index in [9.17, 15) is 39.8 Å². The zero-order valence-electron chi connectivity index (χ0n) is 36.1. The summed E-state index contributed by atoms with van der Waals surface area (Å²) in [6.07, 6.45) is 29.2. The van der Waals surface area contributed by atoms with Gasteiger partial charge in [0.1, 0.15) is 42.7 Å². The largest absolute Gasteiger partial charge is 0.472 e. The summed E-state index contributed by atoms with van der Waals surface area (Å²) < 4.78 is 34.1. The lowest BCUT2D eigenvalue weighted by Crippen LogP contribution is -2.64. The van der Waals surface area contributed by atoms with Crippen molar-refractivity contribution in [1.82, 2.24) is 0 Å². The number of aliphatic hydroxyl groups excluding tert-OH is 5. The number of esters is 1. The zero-order chi connectivity index (χ0) is 42.7. The Morgan fingerprint density at radius 2 is 0.966 bits per heavy atom. The average Bonchev–Trinajstić information content (AvgIpc) is 3.21. The van der Waals surface area contributed by atoms with Gasteiger partial charge in [0.15, 0.2) is 0 Å². The van der Waals surface area contributed by atoms with Crippen LogP contribution in [0.5, 0.6) is 0 Å². The maximum atomic E-state index is 12.8. The van der Waals surface area contributed by atoms with E-state index in [0.29, 0.717) is 13.0 Å². The Balaban J connectivity index is 2.42. The van der Waals surface area contributed by atoms with Gasteiger partial charge >= 0.3 is 13.8 Å². The molecule has 6 unspecified atom stereocenters. The third kappa shape index (κ3) is 28.2. The molecule has 0 saturated heterocycles. The van der Waals surface area contributed by atoms with Crippen molar-refractivity contribution in [2.45, 2.75) is 224 Å². The van der Waals surface area contributed by atoms with Crippen LogP contribution in [-0.4, -0.2) is 98.9 Å². The van der Waals surface area contributed by atoms with E-state index in [1.807, 2.05) is 0 Å². The fraction of sp³-hybridized carbons (Fsp3) is 0.844. The number of phosphoric ester groups is 1. The standard InChI is InChI=1S/C45H83O12P/c1-3-5-7-9-11-13-15-17-19-20-21-23-25-27-29-31-33-35-54-36-38(37-55-58(52,53)57-45-43(50)41(48)40(47)42(49)44(45)51)56-39(46)34-32-30-28-26-24-22-18-16-14-12-10-8-6-4-2/h13,15-16,18-20,38,40-45,47-51H,3-12,14,17,21-37H2,1-2H3,(H,52,53)/b15-13-,18-16-,20-19-. The fourth-order valence-electron chi connectivity index (χ4n) is 6.79. The first-order chi connectivity index (χ1) is 28.0. The number of phosphoric acid groups is 1. The Kier molecular flexibility index (Phi) is 34.1. The number of ether oxygens (including phenoxy) is 2. The number of carbonyl (C=O) groups excluding carboxylic acids is 1. The van der Waals surface area contributed by atoms with Crippen molar-refractivity contribution in [3.05, 3.63) is 36.5 Å². The smallest absolute Gasteiger partial charge is 0.457 e. The molecule has 1 aliphatic rings. The number of rotatable bonds is 38. The van der Waals surface area contributed by atoms with Crippen molar-refractivity contribution in [1.29, 1.82) is 0 Å². The molecular weight excluding hydrogens is 763 g/mol. The molecule has 0 bridgehead atoms. The molecule has 6 atom stereocenters. The molecule has 58 heavy (non-hydrogen) atoms. The van der Waals surface area contributed by atoms with E-state index >= 15 is 0 Å². The minimum atomic E-state index is -5.02. The first kappa shape index (κ1) is 54.6. The van der Waals surface area contributed by atoms with Crippen molar-refractivity contribution >= 4 is 13.8 Å². The van der Waals surface area contributed by atoms with Gasteiger partial charge in [-0.15, -0.1) is 0 Å². The molecule has 0 aliphatic heterocycles. The monoisotopic (exact) mass is 847 g/mol. The molecule has 0 radical (unpaired) electrons. The molecule has 1 aliphatic carbocycles. The molecule has 1 fully saturated rings. The molecule has 0 heterocycles. The SMILES string of the molecule is CCCCCC/C=C\C/C=C\CCCCCCCCOCC(COP(=O)(O)OC1C(O)C(O)C(O)C(O)C1O)OC(=O)CCCCCCC/C=C\CCCCCCC. The minimum absolute atomic E-state index is 0.0866. The van der Waals surface area contributed by atoms with Crippen LogP contribution in [0.2, 0.25) is 0 Å². The Labute approximate surface area is 351 Å². The second kappa shape index (κ2) is 36.2. The average molecular weight is 847 g/mol. The van der Waals surface area contributed by atoms with E-state index < -0.39 is 63.1 Å². The Morgan fingerprint density at radius 3 is 1.48 bits per heavy atom. The molecule has 0 aromatic carbocycles. The van der Waals surface area contributed by atoms with Crippen LogP contribution in [0.25, 0.3) is 0 Å². The topological polar surface area (TPSA) is 192 Å². The van der Waals surface area contributed by atoms with E-state index in [1.54, 1.807) is 0 Å². The molecule has 0 amide bonds. The Bertz CT molecular complexity index is 1100. The van der Waals surface area contributed by atoms with Crippen LogP contribution in [0.1, 0.15) is 181 Å². The number of allylic oxidation sites excluding steroid dienone is 6. The molecule has 6 N–H and O–H groups in total. The lowest BCUT2D eigenvalue weighted by Gasteiger charge is -2.41. The molecular formula is C45H83O12P. The zero-order valence-corrected chi connectivity index (χ0v) is 37.0. The van der Waals surface area contributed by atoms with Crippen LogP contribution in [0.15, 0.2) is 36.5 Å². The summed E-state index contributed by atoms with van der Waals surface area (Å²) in [5.41, 5.74) is 0. The highest BCUT2D eigenvalue weighted by atomic mass is 31.2. The summed E-state index contributed by atoms with van der Waals surface area (Å²) in [6.45, 7) is 4.20.